The van der Waals surface area contributed by atoms with Crippen LogP contribution in [0.15, 0.2) is 12.1 Å². The predicted octanol–water partition coefficient (Wildman–Crippen LogP) is 6.46. The van der Waals surface area contributed by atoms with E-state index < -0.39 is 17.5 Å². The summed E-state index contributed by atoms with van der Waals surface area (Å²) in [5.74, 6) is 0.722. The molecule has 0 saturated heterocycles. The fourth-order valence-electron chi connectivity index (χ4n) is 6.82. The van der Waals surface area contributed by atoms with Crippen LogP contribution in [0.3, 0.4) is 0 Å². The van der Waals surface area contributed by atoms with Gasteiger partial charge in [0.25, 0.3) is 0 Å². The second-order valence-corrected chi connectivity index (χ2v) is 12.1. The van der Waals surface area contributed by atoms with Gasteiger partial charge in [0.1, 0.15) is 23.7 Å². The van der Waals surface area contributed by atoms with Gasteiger partial charge in [-0.15, -0.1) is 0 Å². The number of nitrogens with zero attached hydrogens (tertiary/aromatic N) is 1. The van der Waals surface area contributed by atoms with Crippen LogP contribution in [-0.2, 0) is 16.1 Å². The number of ether oxygens (including phenoxy) is 4. The van der Waals surface area contributed by atoms with Crippen molar-refractivity contribution in [2.45, 2.75) is 79.4 Å². The molecule has 1 aliphatic heterocycles. The van der Waals surface area contributed by atoms with Crippen molar-refractivity contribution in [1.29, 1.82) is 5.26 Å². The van der Waals surface area contributed by atoms with Crippen LogP contribution >= 0.6 is 0 Å². The van der Waals surface area contributed by atoms with Gasteiger partial charge in [0.2, 0.25) is 0 Å². The Morgan fingerprint density at radius 3 is 2.58 bits per heavy atom. The fourth-order valence-corrected chi connectivity index (χ4v) is 6.82. The standard InChI is InChI=1S/C32H37NO7/c1-16(2)11-24(34)21-9-10-25-26(28(21)37-6)30(35)38-15-23-22(14-33)17(3)18(4)27(29(23)39-25)40-31(36)32(5)13-19-7-8-20(32)12-19/h9-10,16,19-20,24,34H,7-8,11-13,15H2,1-6H3/t19?,20?,24-,32?/m0/s1. The van der Waals surface area contributed by atoms with Crippen LogP contribution in [0.1, 0.15) is 97.2 Å². The summed E-state index contributed by atoms with van der Waals surface area (Å²) in [6.45, 7) is 9.30. The van der Waals surface area contributed by atoms with Gasteiger partial charge in [-0.05, 0) is 87.5 Å². The van der Waals surface area contributed by atoms with E-state index in [0.29, 0.717) is 40.2 Å². The van der Waals surface area contributed by atoms with Crippen molar-refractivity contribution in [3.05, 3.63) is 45.5 Å². The van der Waals surface area contributed by atoms with Gasteiger partial charge in [-0.1, -0.05) is 20.3 Å². The topological polar surface area (TPSA) is 115 Å². The summed E-state index contributed by atoms with van der Waals surface area (Å²) < 4.78 is 23.9. The van der Waals surface area contributed by atoms with Gasteiger partial charge in [0, 0.05) is 5.56 Å². The molecule has 3 aliphatic rings. The van der Waals surface area contributed by atoms with Gasteiger partial charge in [-0.25, -0.2) is 4.79 Å². The van der Waals surface area contributed by atoms with Crippen molar-refractivity contribution in [3.63, 3.8) is 0 Å². The summed E-state index contributed by atoms with van der Waals surface area (Å²) in [5.41, 5.74) is 1.79. The van der Waals surface area contributed by atoms with Gasteiger partial charge in [0.05, 0.1) is 35.8 Å². The van der Waals surface area contributed by atoms with Crippen LogP contribution < -0.4 is 14.2 Å². The second kappa shape index (κ2) is 10.4. The van der Waals surface area contributed by atoms with Crippen LogP contribution in [0.4, 0.5) is 0 Å². The summed E-state index contributed by atoms with van der Waals surface area (Å²) in [5, 5.41) is 20.9. The predicted molar refractivity (Wildman–Crippen MR) is 146 cm³/mol. The van der Waals surface area contributed by atoms with Crippen LogP contribution in [0.25, 0.3) is 0 Å². The number of cyclic esters (lactones) is 1. The highest BCUT2D eigenvalue weighted by molar-refractivity contribution is 5.97. The minimum absolute atomic E-state index is 0.0301. The molecule has 0 radical (unpaired) electrons. The number of hydrogen-bond donors (Lipinski definition) is 1. The summed E-state index contributed by atoms with van der Waals surface area (Å²) in [6.07, 6.45) is 3.62. The Balaban J connectivity index is 1.63. The number of carbonyl (C=O) groups excluding carboxylic acids is 2. The molecule has 1 heterocycles. The highest BCUT2D eigenvalue weighted by atomic mass is 16.6. The number of carbonyl (C=O) groups is 2. The molecule has 2 saturated carbocycles. The largest absolute Gasteiger partial charge is 0.495 e. The van der Waals surface area contributed by atoms with Crippen molar-refractivity contribution in [1.82, 2.24) is 0 Å². The molecule has 1 N–H and O–H groups in total. The first-order valence-electron chi connectivity index (χ1n) is 14.0. The number of fused-ring (bicyclic) bond motifs is 4. The van der Waals surface area contributed by atoms with E-state index in [9.17, 15) is 20.0 Å². The van der Waals surface area contributed by atoms with E-state index in [1.807, 2.05) is 20.8 Å². The normalized spacial score (nSPS) is 23.7. The molecule has 40 heavy (non-hydrogen) atoms. The Hall–Kier alpha value is -3.57. The van der Waals surface area contributed by atoms with Gasteiger partial charge < -0.3 is 24.1 Å². The molecule has 2 aromatic rings. The summed E-state index contributed by atoms with van der Waals surface area (Å²) >= 11 is 0. The van der Waals surface area contributed by atoms with E-state index >= 15 is 0 Å². The Kier molecular flexibility index (Phi) is 7.30. The highest BCUT2D eigenvalue weighted by Crippen LogP contribution is 2.57. The maximum atomic E-state index is 13.7. The molecule has 3 unspecified atom stereocenters. The molecule has 5 rings (SSSR count). The Bertz CT molecular complexity index is 1420. The average molecular weight is 548 g/mol. The first-order chi connectivity index (χ1) is 19.0. The molecule has 212 valence electrons. The number of aliphatic hydroxyl groups excluding tert-OH is 1. The van der Waals surface area contributed by atoms with Crippen molar-refractivity contribution < 1.29 is 33.6 Å². The van der Waals surface area contributed by atoms with E-state index in [0.717, 1.165) is 25.7 Å². The number of esters is 2. The lowest BCUT2D eigenvalue weighted by atomic mass is 9.75. The fraction of sp³-hybridized carbons (Fsp3) is 0.531. The van der Waals surface area contributed by atoms with Crippen molar-refractivity contribution in [3.8, 4) is 29.1 Å². The molecule has 2 aliphatic carbocycles. The smallest absolute Gasteiger partial charge is 0.346 e. The second-order valence-electron chi connectivity index (χ2n) is 12.1. The molecular weight excluding hydrogens is 510 g/mol. The summed E-state index contributed by atoms with van der Waals surface area (Å²) in [6, 6.07) is 5.45. The third kappa shape index (κ3) is 4.50. The zero-order valence-electron chi connectivity index (χ0n) is 24.1. The van der Waals surface area contributed by atoms with Crippen LogP contribution in [-0.4, -0.2) is 24.2 Å². The van der Waals surface area contributed by atoms with E-state index in [4.69, 9.17) is 18.9 Å². The van der Waals surface area contributed by atoms with Crippen LogP contribution in [0, 0.1) is 48.3 Å². The zero-order valence-corrected chi connectivity index (χ0v) is 24.1. The molecule has 2 fully saturated rings. The molecule has 4 atom stereocenters. The van der Waals surface area contributed by atoms with E-state index in [-0.39, 0.29) is 53.0 Å². The minimum atomic E-state index is -0.861. The summed E-state index contributed by atoms with van der Waals surface area (Å²) in [4.78, 5) is 27.0. The van der Waals surface area contributed by atoms with Gasteiger partial charge >= 0.3 is 11.9 Å². The molecule has 2 bridgehead atoms. The van der Waals surface area contributed by atoms with Crippen molar-refractivity contribution >= 4 is 11.9 Å². The SMILES string of the molecule is COc1c([C@@H](O)CC(C)C)ccc2c1C(=O)OCc1c(C#N)c(C)c(C)c(OC(=O)C3(C)CC4CCC3C4)c1O2. The molecule has 0 spiro atoms. The number of aliphatic hydroxyl groups is 1. The molecule has 2 aromatic carbocycles. The summed E-state index contributed by atoms with van der Waals surface area (Å²) in [7, 11) is 1.42. The lowest BCUT2D eigenvalue weighted by Gasteiger charge is -2.32. The number of nitriles is 1. The zero-order chi connectivity index (χ0) is 28.9. The molecular formula is C32H37NO7. The number of rotatable bonds is 6. The molecule has 8 heteroatoms. The van der Waals surface area contributed by atoms with E-state index in [2.05, 4.69) is 6.07 Å². The van der Waals surface area contributed by atoms with Crippen molar-refractivity contribution in [2.75, 3.05) is 7.11 Å². The third-order valence-electron chi connectivity index (χ3n) is 9.16. The Labute approximate surface area is 235 Å². The number of methoxy groups -OCH3 is 1. The van der Waals surface area contributed by atoms with E-state index in [1.54, 1.807) is 26.0 Å². The lowest BCUT2D eigenvalue weighted by Crippen LogP contribution is -2.37. The van der Waals surface area contributed by atoms with Gasteiger partial charge in [0.15, 0.2) is 11.5 Å². The maximum Gasteiger partial charge on any atom is 0.346 e. The Morgan fingerprint density at radius 1 is 1.23 bits per heavy atom. The van der Waals surface area contributed by atoms with Crippen molar-refractivity contribution in [2.24, 2.45) is 23.2 Å². The molecule has 0 aromatic heterocycles. The van der Waals surface area contributed by atoms with Gasteiger partial charge in [-0.3, -0.25) is 4.79 Å². The minimum Gasteiger partial charge on any atom is -0.495 e. The maximum absolute atomic E-state index is 13.7. The molecule has 0 amide bonds. The Morgan fingerprint density at radius 2 is 1.98 bits per heavy atom. The average Bonchev–Trinajstić information content (AvgIpc) is 3.51. The lowest BCUT2D eigenvalue weighted by molar-refractivity contribution is -0.148. The van der Waals surface area contributed by atoms with Crippen LogP contribution in [0.5, 0.6) is 23.0 Å². The monoisotopic (exact) mass is 547 g/mol. The first kappa shape index (κ1) is 28.0. The third-order valence-corrected chi connectivity index (χ3v) is 9.16. The first-order valence-corrected chi connectivity index (χ1v) is 14.0. The quantitative estimate of drug-likeness (QED) is 0.324. The van der Waals surface area contributed by atoms with Crippen LogP contribution in [0.2, 0.25) is 0 Å². The highest BCUT2D eigenvalue weighted by Gasteiger charge is 2.53. The van der Waals surface area contributed by atoms with E-state index in [1.165, 1.54) is 7.11 Å². The molecule has 8 nitrogen and oxygen atoms in total. The van der Waals surface area contributed by atoms with Gasteiger partial charge in [-0.2, -0.15) is 5.26 Å². The number of hydrogen-bond acceptors (Lipinski definition) is 8. The number of benzene rings is 2.